The Hall–Kier alpha value is -0.900. The highest BCUT2D eigenvalue weighted by molar-refractivity contribution is 5.18. The number of hydrogen-bond donors (Lipinski definition) is 1. The van der Waals surface area contributed by atoms with E-state index in [4.69, 9.17) is 4.74 Å². The number of rotatable bonds is 8. The minimum atomic E-state index is -0.442. The second-order valence-corrected chi connectivity index (χ2v) is 4.51. The van der Waals surface area contributed by atoms with Crippen LogP contribution in [0, 0.1) is 0 Å². The number of hydrogen-bond acceptors (Lipinski definition) is 3. The Morgan fingerprint density at radius 3 is 2.44 bits per heavy atom. The summed E-state index contributed by atoms with van der Waals surface area (Å²) in [5.41, 5.74) is 0.979. The van der Waals surface area contributed by atoms with Crippen molar-refractivity contribution >= 4 is 0 Å². The second-order valence-electron chi connectivity index (χ2n) is 4.51. The van der Waals surface area contributed by atoms with E-state index in [0.717, 1.165) is 25.1 Å². The third-order valence-electron chi connectivity index (χ3n) is 3.28. The Kier molecular flexibility index (Phi) is 6.94. The van der Waals surface area contributed by atoms with Crippen LogP contribution in [0.15, 0.2) is 30.3 Å². The van der Waals surface area contributed by atoms with E-state index in [0.29, 0.717) is 6.61 Å². The molecule has 3 heteroatoms. The van der Waals surface area contributed by atoms with E-state index in [9.17, 15) is 5.11 Å². The minimum Gasteiger partial charge on any atom is -0.387 e. The highest BCUT2D eigenvalue weighted by Crippen LogP contribution is 2.22. The van der Waals surface area contributed by atoms with Gasteiger partial charge in [-0.3, -0.25) is 4.90 Å². The molecule has 2 unspecified atom stereocenters. The number of aliphatic hydroxyl groups is 1. The van der Waals surface area contributed by atoms with Crippen molar-refractivity contribution in [1.29, 1.82) is 0 Å². The highest BCUT2D eigenvalue weighted by atomic mass is 16.5. The molecule has 1 N–H and O–H groups in total. The largest absolute Gasteiger partial charge is 0.387 e. The third kappa shape index (κ3) is 4.41. The molecule has 0 heterocycles. The molecule has 0 saturated carbocycles. The molecule has 0 spiro atoms. The first kappa shape index (κ1) is 15.2. The molecule has 2 atom stereocenters. The van der Waals surface area contributed by atoms with Crippen LogP contribution in [0.4, 0.5) is 0 Å². The van der Waals surface area contributed by atoms with Gasteiger partial charge in [0.1, 0.15) is 0 Å². The van der Waals surface area contributed by atoms with E-state index in [1.165, 1.54) is 0 Å². The minimum absolute atomic E-state index is 0.132. The smallest absolute Gasteiger partial charge is 0.0944 e. The van der Waals surface area contributed by atoms with Gasteiger partial charge < -0.3 is 9.84 Å². The van der Waals surface area contributed by atoms with E-state index in [1.807, 2.05) is 44.3 Å². The first-order valence-electron chi connectivity index (χ1n) is 6.71. The first-order chi connectivity index (χ1) is 8.70. The average Bonchev–Trinajstić information content (AvgIpc) is 2.41. The Labute approximate surface area is 110 Å². The molecule has 0 amide bonds. The monoisotopic (exact) mass is 251 g/mol. The molecule has 0 fully saturated rings. The van der Waals surface area contributed by atoms with Gasteiger partial charge >= 0.3 is 0 Å². The zero-order valence-corrected chi connectivity index (χ0v) is 11.7. The molecule has 0 radical (unpaired) electrons. The lowest BCUT2D eigenvalue weighted by Crippen LogP contribution is -2.38. The quantitative estimate of drug-likeness (QED) is 0.720. The Bertz CT molecular complexity index is 316. The van der Waals surface area contributed by atoms with Crippen molar-refractivity contribution in [1.82, 2.24) is 4.90 Å². The highest BCUT2D eigenvalue weighted by Gasteiger charge is 2.22. The molecule has 1 rings (SSSR count). The maximum absolute atomic E-state index is 10.4. The molecular weight excluding hydrogens is 226 g/mol. The maximum atomic E-state index is 10.4. The molecule has 1 aromatic carbocycles. The van der Waals surface area contributed by atoms with Crippen LogP contribution < -0.4 is 0 Å². The fraction of sp³-hybridized carbons (Fsp3) is 0.600. The van der Waals surface area contributed by atoms with E-state index in [-0.39, 0.29) is 6.04 Å². The maximum Gasteiger partial charge on any atom is 0.0944 e. The van der Waals surface area contributed by atoms with Gasteiger partial charge in [0.05, 0.1) is 12.7 Å². The molecule has 102 valence electrons. The molecule has 0 saturated heterocycles. The average molecular weight is 251 g/mol. The van der Waals surface area contributed by atoms with Crippen molar-refractivity contribution in [3.63, 3.8) is 0 Å². The topological polar surface area (TPSA) is 32.7 Å². The molecule has 1 aromatic rings. The molecule has 18 heavy (non-hydrogen) atoms. The van der Waals surface area contributed by atoms with Crippen molar-refractivity contribution in [2.45, 2.75) is 32.4 Å². The summed E-state index contributed by atoms with van der Waals surface area (Å²) >= 11 is 0. The van der Waals surface area contributed by atoms with Crippen molar-refractivity contribution in [3.8, 4) is 0 Å². The summed E-state index contributed by atoms with van der Waals surface area (Å²) in [4.78, 5) is 2.17. The second kappa shape index (κ2) is 8.25. The summed E-state index contributed by atoms with van der Waals surface area (Å²) in [5.74, 6) is 0. The van der Waals surface area contributed by atoms with Crippen LogP contribution in [0.25, 0.3) is 0 Å². The van der Waals surface area contributed by atoms with Crippen LogP contribution in [0.2, 0.25) is 0 Å². The van der Waals surface area contributed by atoms with Crippen molar-refractivity contribution in [2.24, 2.45) is 0 Å². The van der Waals surface area contributed by atoms with Crippen molar-refractivity contribution < 1.29 is 9.84 Å². The van der Waals surface area contributed by atoms with Crippen LogP contribution >= 0.6 is 0 Å². The Morgan fingerprint density at radius 1 is 1.22 bits per heavy atom. The van der Waals surface area contributed by atoms with E-state index in [2.05, 4.69) is 11.8 Å². The van der Waals surface area contributed by atoms with Crippen LogP contribution in [0.5, 0.6) is 0 Å². The van der Waals surface area contributed by atoms with Crippen LogP contribution in [-0.4, -0.2) is 42.9 Å². The van der Waals surface area contributed by atoms with Gasteiger partial charge in [-0.05, 0) is 26.0 Å². The fourth-order valence-corrected chi connectivity index (χ4v) is 2.17. The summed E-state index contributed by atoms with van der Waals surface area (Å²) in [5, 5.41) is 10.4. The van der Waals surface area contributed by atoms with Crippen molar-refractivity contribution in [2.75, 3.05) is 26.8 Å². The van der Waals surface area contributed by atoms with Gasteiger partial charge in [-0.25, -0.2) is 0 Å². The van der Waals surface area contributed by atoms with Gasteiger partial charge in [0.25, 0.3) is 0 Å². The van der Waals surface area contributed by atoms with Gasteiger partial charge in [0.2, 0.25) is 0 Å². The van der Waals surface area contributed by atoms with Gasteiger partial charge in [-0.1, -0.05) is 37.3 Å². The zero-order chi connectivity index (χ0) is 13.4. The predicted octanol–water partition coefficient (Wildman–Crippen LogP) is 2.47. The number of ether oxygens (including phenoxy) is 1. The van der Waals surface area contributed by atoms with E-state index < -0.39 is 6.10 Å². The fourth-order valence-electron chi connectivity index (χ4n) is 2.17. The summed E-state index contributed by atoms with van der Waals surface area (Å²) < 4.78 is 5.36. The predicted molar refractivity (Wildman–Crippen MR) is 74.6 cm³/mol. The van der Waals surface area contributed by atoms with Gasteiger partial charge in [-0.2, -0.15) is 0 Å². The lowest BCUT2D eigenvalue weighted by atomic mass is 9.99. The number of benzene rings is 1. The summed E-state index contributed by atoms with van der Waals surface area (Å²) in [6.07, 6.45) is 0.474. The SMILES string of the molecule is CCOCCN(C)C(CC)C(O)c1ccccc1. The molecule has 0 aromatic heterocycles. The zero-order valence-electron chi connectivity index (χ0n) is 11.7. The van der Waals surface area contributed by atoms with Gasteiger partial charge in [-0.15, -0.1) is 0 Å². The van der Waals surface area contributed by atoms with Gasteiger partial charge in [0.15, 0.2) is 0 Å². The first-order valence-corrected chi connectivity index (χ1v) is 6.71. The van der Waals surface area contributed by atoms with E-state index in [1.54, 1.807) is 0 Å². The van der Waals surface area contributed by atoms with Gasteiger partial charge in [0, 0.05) is 19.2 Å². The normalized spacial score (nSPS) is 14.7. The summed E-state index contributed by atoms with van der Waals surface area (Å²) in [6, 6.07) is 9.98. The molecular formula is C15H25NO2. The Morgan fingerprint density at radius 2 is 1.89 bits per heavy atom. The molecule has 0 bridgehead atoms. The van der Waals surface area contributed by atoms with E-state index >= 15 is 0 Å². The summed E-state index contributed by atoms with van der Waals surface area (Å²) in [6.45, 7) is 6.40. The molecule has 3 nitrogen and oxygen atoms in total. The number of aliphatic hydroxyl groups excluding tert-OH is 1. The van der Waals surface area contributed by atoms with Crippen LogP contribution in [0.3, 0.4) is 0 Å². The molecule has 0 aliphatic heterocycles. The standard InChI is InChI=1S/C15H25NO2/c1-4-14(16(3)11-12-18-5-2)15(17)13-9-7-6-8-10-13/h6-10,14-15,17H,4-5,11-12H2,1-3H3. The lowest BCUT2D eigenvalue weighted by Gasteiger charge is -2.31. The van der Waals surface area contributed by atoms with Crippen molar-refractivity contribution in [3.05, 3.63) is 35.9 Å². The van der Waals surface area contributed by atoms with Crippen LogP contribution in [0.1, 0.15) is 31.9 Å². The van der Waals surface area contributed by atoms with Crippen LogP contribution in [-0.2, 0) is 4.74 Å². The number of nitrogens with zero attached hydrogens (tertiary/aromatic N) is 1. The molecule has 0 aliphatic carbocycles. The molecule has 0 aliphatic rings. The Balaban J connectivity index is 2.59. The third-order valence-corrected chi connectivity index (χ3v) is 3.28. The summed E-state index contributed by atoms with van der Waals surface area (Å²) in [7, 11) is 2.04. The number of likely N-dealkylation sites (N-methyl/N-ethyl adjacent to an activating group) is 1. The lowest BCUT2D eigenvalue weighted by molar-refractivity contribution is 0.0396.